The third-order valence-electron chi connectivity index (χ3n) is 2.50. The minimum Gasteiger partial charge on any atom is -0.386 e. The van der Waals surface area contributed by atoms with Gasteiger partial charge in [-0.3, -0.25) is 9.97 Å². The van der Waals surface area contributed by atoms with Crippen LogP contribution in [-0.4, -0.2) is 14.6 Å². The van der Waals surface area contributed by atoms with E-state index in [2.05, 4.69) is 31.1 Å². The molecule has 0 unspecified atom stereocenters. The highest BCUT2D eigenvalue weighted by atomic mass is 79.9. The summed E-state index contributed by atoms with van der Waals surface area (Å²) in [4.78, 5) is 13.8. The number of hydrogen-bond donors (Lipinski definition) is 0. The molecule has 0 fully saturated rings. The molecule has 0 amide bonds. The Kier molecular flexibility index (Phi) is 2.32. The summed E-state index contributed by atoms with van der Waals surface area (Å²) in [5, 5.41) is 3.87. The Balaban J connectivity index is 1.99. The van der Waals surface area contributed by atoms with E-state index in [1.165, 1.54) is 0 Å². The summed E-state index contributed by atoms with van der Waals surface area (Å²) in [5.41, 5.74) is 2.85. The van der Waals surface area contributed by atoms with Gasteiger partial charge in [-0.2, -0.15) is 0 Å². The standard InChI is InChI=1S/C11H8BrN3O/c12-11-6-10(16-15-11)7-1-2-8-9(5-7)14-4-3-13-8/h1-5,10H,6H2/t10-/m1/s1. The maximum Gasteiger partial charge on any atom is 0.158 e. The minimum atomic E-state index is -0.0132. The van der Waals surface area contributed by atoms with Gasteiger partial charge < -0.3 is 4.84 Å². The predicted octanol–water partition coefficient (Wildman–Crippen LogP) is 2.80. The van der Waals surface area contributed by atoms with Crippen molar-refractivity contribution in [2.75, 3.05) is 0 Å². The molecule has 1 aliphatic heterocycles. The Hall–Kier alpha value is -1.49. The molecule has 16 heavy (non-hydrogen) atoms. The van der Waals surface area contributed by atoms with E-state index in [-0.39, 0.29) is 6.10 Å². The first-order chi connectivity index (χ1) is 7.83. The van der Waals surface area contributed by atoms with Crippen molar-refractivity contribution in [2.24, 2.45) is 5.16 Å². The number of fused-ring (bicyclic) bond motifs is 1. The number of rotatable bonds is 1. The van der Waals surface area contributed by atoms with E-state index in [1.54, 1.807) is 12.4 Å². The highest BCUT2D eigenvalue weighted by Crippen LogP contribution is 2.29. The van der Waals surface area contributed by atoms with Crippen molar-refractivity contribution in [2.45, 2.75) is 12.5 Å². The van der Waals surface area contributed by atoms with Crippen molar-refractivity contribution >= 4 is 31.6 Å². The zero-order valence-corrected chi connectivity index (χ0v) is 9.89. The lowest BCUT2D eigenvalue weighted by atomic mass is 10.1. The third kappa shape index (κ3) is 1.67. The van der Waals surface area contributed by atoms with Crippen LogP contribution in [0.2, 0.25) is 0 Å². The van der Waals surface area contributed by atoms with Crippen molar-refractivity contribution in [1.82, 2.24) is 9.97 Å². The molecule has 0 saturated heterocycles. The van der Waals surface area contributed by atoms with Crippen LogP contribution >= 0.6 is 15.9 Å². The van der Waals surface area contributed by atoms with Crippen LogP contribution in [-0.2, 0) is 4.84 Å². The van der Waals surface area contributed by atoms with Crippen LogP contribution in [0.15, 0.2) is 35.7 Å². The van der Waals surface area contributed by atoms with Crippen molar-refractivity contribution in [3.8, 4) is 0 Å². The zero-order chi connectivity index (χ0) is 11.0. The molecule has 4 nitrogen and oxygen atoms in total. The maximum atomic E-state index is 5.29. The van der Waals surface area contributed by atoms with Crippen LogP contribution in [0.3, 0.4) is 0 Å². The fraction of sp³-hybridized carbons (Fsp3) is 0.182. The molecule has 2 heterocycles. The van der Waals surface area contributed by atoms with Gasteiger partial charge in [-0.25, -0.2) is 0 Å². The summed E-state index contributed by atoms with van der Waals surface area (Å²) in [6.07, 6.45) is 4.13. The number of oxime groups is 1. The second-order valence-electron chi connectivity index (χ2n) is 3.57. The molecule has 0 radical (unpaired) electrons. The lowest BCUT2D eigenvalue weighted by Crippen LogP contribution is -1.97. The van der Waals surface area contributed by atoms with Gasteiger partial charge in [0.05, 0.1) is 11.0 Å². The lowest BCUT2D eigenvalue weighted by Gasteiger charge is -2.08. The number of hydrogen-bond acceptors (Lipinski definition) is 4. The third-order valence-corrected chi connectivity index (χ3v) is 2.97. The van der Waals surface area contributed by atoms with Crippen LogP contribution < -0.4 is 0 Å². The summed E-state index contributed by atoms with van der Waals surface area (Å²) in [6, 6.07) is 5.95. The van der Waals surface area contributed by atoms with E-state index >= 15 is 0 Å². The topological polar surface area (TPSA) is 47.4 Å². The summed E-state index contributed by atoms with van der Waals surface area (Å²) >= 11 is 3.32. The monoisotopic (exact) mass is 277 g/mol. The van der Waals surface area contributed by atoms with E-state index in [0.717, 1.165) is 27.6 Å². The molecule has 5 heteroatoms. The van der Waals surface area contributed by atoms with Crippen molar-refractivity contribution in [3.05, 3.63) is 36.2 Å². The molecule has 0 saturated carbocycles. The van der Waals surface area contributed by atoms with E-state index in [1.807, 2.05) is 18.2 Å². The number of aromatic nitrogens is 2. The van der Waals surface area contributed by atoms with Crippen LogP contribution in [0.4, 0.5) is 0 Å². The number of halogens is 1. The summed E-state index contributed by atoms with van der Waals surface area (Å²) in [5.74, 6) is 0. The molecular formula is C11H8BrN3O. The smallest absolute Gasteiger partial charge is 0.158 e. The largest absolute Gasteiger partial charge is 0.386 e. The average Bonchev–Trinajstić information content (AvgIpc) is 2.75. The average molecular weight is 278 g/mol. The second-order valence-corrected chi connectivity index (χ2v) is 4.49. The van der Waals surface area contributed by atoms with Crippen molar-refractivity contribution in [3.63, 3.8) is 0 Å². The first kappa shape index (κ1) is 9.72. The molecule has 2 aromatic rings. The number of nitrogens with zero attached hydrogens (tertiary/aromatic N) is 3. The molecule has 1 aromatic carbocycles. The SMILES string of the molecule is BrC1=NO[C@@H](c2ccc3nccnc3c2)C1. The highest BCUT2D eigenvalue weighted by Gasteiger charge is 2.21. The number of benzene rings is 1. The first-order valence-electron chi connectivity index (χ1n) is 4.92. The zero-order valence-electron chi connectivity index (χ0n) is 8.30. The quantitative estimate of drug-likeness (QED) is 0.805. The fourth-order valence-electron chi connectivity index (χ4n) is 1.71. The van der Waals surface area contributed by atoms with Gasteiger partial charge in [0.1, 0.15) is 4.62 Å². The molecule has 1 aliphatic rings. The van der Waals surface area contributed by atoms with Gasteiger partial charge in [0.15, 0.2) is 6.10 Å². The van der Waals surface area contributed by atoms with E-state index in [0.29, 0.717) is 0 Å². The fourth-order valence-corrected chi connectivity index (χ4v) is 2.09. The van der Waals surface area contributed by atoms with Crippen molar-refractivity contribution < 1.29 is 4.84 Å². The Labute approximate surface area is 100 Å². The van der Waals surface area contributed by atoms with Gasteiger partial charge in [0.25, 0.3) is 0 Å². The van der Waals surface area contributed by atoms with Gasteiger partial charge in [0, 0.05) is 18.8 Å². The molecule has 80 valence electrons. The van der Waals surface area contributed by atoms with Crippen LogP contribution in [0.1, 0.15) is 18.1 Å². The Bertz CT molecular complexity index is 570. The highest BCUT2D eigenvalue weighted by molar-refractivity contribution is 9.18. The van der Waals surface area contributed by atoms with E-state index in [4.69, 9.17) is 4.84 Å². The minimum absolute atomic E-state index is 0.0132. The molecular weight excluding hydrogens is 270 g/mol. The van der Waals surface area contributed by atoms with Crippen LogP contribution in [0.25, 0.3) is 11.0 Å². The lowest BCUT2D eigenvalue weighted by molar-refractivity contribution is 0.0858. The molecule has 3 rings (SSSR count). The molecule has 0 N–H and O–H groups in total. The summed E-state index contributed by atoms with van der Waals surface area (Å²) < 4.78 is 0.844. The summed E-state index contributed by atoms with van der Waals surface area (Å²) in [6.45, 7) is 0. The Morgan fingerprint density at radius 1 is 1.19 bits per heavy atom. The maximum absolute atomic E-state index is 5.29. The van der Waals surface area contributed by atoms with Gasteiger partial charge in [0.2, 0.25) is 0 Å². The van der Waals surface area contributed by atoms with Gasteiger partial charge in [-0.15, -0.1) is 0 Å². The summed E-state index contributed by atoms with van der Waals surface area (Å²) in [7, 11) is 0. The molecule has 1 aromatic heterocycles. The molecule has 0 bridgehead atoms. The van der Waals surface area contributed by atoms with E-state index < -0.39 is 0 Å². The van der Waals surface area contributed by atoms with Crippen LogP contribution in [0.5, 0.6) is 0 Å². The van der Waals surface area contributed by atoms with Gasteiger partial charge in [-0.1, -0.05) is 11.2 Å². The first-order valence-corrected chi connectivity index (χ1v) is 5.71. The second kappa shape index (κ2) is 3.83. The van der Waals surface area contributed by atoms with E-state index in [9.17, 15) is 0 Å². The molecule has 0 spiro atoms. The normalized spacial score (nSPS) is 19.6. The molecule has 1 atom stereocenters. The van der Waals surface area contributed by atoms with Crippen molar-refractivity contribution in [1.29, 1.82) is 0 Å². The van der Waals surface area contributed by atoms with Gasteiger partial charge >= 0.3 is 0 Å². The predicted molar refractivity (Wildman–Crippen MR) is 64.3 cm³/mol. The van der Waals surface area contributed by atoms with Crippen LogP contribution in [0, 0.1) is 0 Å². The molecule has 0 aliphatic carbocycles. The van der Waals surface area contributed by atoms with Gasteiger partial charge in [-0.05, 0) is 33.6 Å². The Morgan fingerprint density at radius 2 is 2.00 bits per heavy atom. The Morgan fingerprint density at radius 3 is 2.75 bits per heavy atom.